The van der Waals surface area contributed by atoms with Crippen LogP contribution in [0.5, 0.6) is 0 Å². The largest absolute Gasteiger partial charge is 0.399 e. The zero-order chi connectivity index (χ0) is 22.2. The van der Waals surface area contributed by atoms with Gasteiger partial charge in [0, 0.05) is 30.4 Å². The molecular weight excluding hydrogens is 395 g/mol. The third-order valence-electron chi connectivity index (χ3n) is 5.05. The Labute approximate surface area is 172 Å². The van der Waals surface area contributed by atoms with E-state index >= 15 is 0 Å². The molecule has 1 aromatic carbocycles. The fraction of sp³-hybridized carbons (Fsp3) is 0.238. The summed E-state index contributed by atoms with van der Waals surface area (Å²) < 4.78 is 41.7. The van der Waals surface area contributed by atoms with Crippen LogP contribution in [0, 0.1) is 12.7 Å². The summed E-state index contributed by atoms with van der Waals surface area (Å²) >= 11 is 0. The monoisotopic (exact) mass is 417 g/mol. The summed E-state index contributed by atoms with van der Waals surface area (Å²) in [4.78, 5) is 18.3. The Morgan fingerprint density at radius 3 is 2.60 bits per heavy atom. The Morgan fingerprint density at radius 1 is 1.27 bits per heavy atom. The minimum Gasteiger partial charge on any atom is -0.399 e. The molecule has 0 bridgehead atoms. The first-order valence-corrected chi connectivity index (χ1v) is 9.17. The van der Waals surface area contributed by atoms with E-state index in [9.17, 15) is 18.0 Å². The maximum atomic E-state index is 14.0. The molecule has 0 radical (unpaired) electrons. The van der Waals surface area contributed by atoms with E-state index < -0.39 is 23.7 Å². The first kappa shape index (κ1) is 21.4. The highest BCUT2D eigenvalue weighted by Gasteiger charge is 2.32. The van der Waals surface area contributed by atoms with Gasteiger partial charge in [0.1, 0.15) is 0 Å². The van der Waals surface area contributed by atoms with Crippen LogP contribution >= 0.6 is 0 Å². The zero-order valence-corrected chi connectivity index (χ0v) is 16.7. The van der Waals surface area contributed by atoms with Crippen molar-refractivity contribution in [3.05, 3.63) is 82.7 Å². The summed E-state index contributed by atoms with van der Waals surface area (Å²) in [6.45, 7) is 3.92. The van der Waals surface area contributed by atoms with Crippen LogP contribution in [0.3, 0.4) is 0 Å². The average molecular weight is 417 g/mol. The number of hydrogen-bond donors (Lipinski definition) is 2. The summed E-state index contributed by atoms with van der Waals surface area (Å²) in [6, 6.07) is 6.19. The molecule has 0 saturated carbocycles. The number of pyridine rings is 1. The normalized spacial score (nSPS) is 16.8. The van der Waals surface area contributed by atoms with Crippen molar-refractivity contribution in [2.75, 3.05) is 5.01 Å². The summed E-state index contributed by atoms with van der Waals surface area (Å²) in [7, 11) is 0. The van der Waals surface area contributed by atoms with Gasteiger partial charge in [0.2, 0.25) is 0 Å². The van der Waals surface area contributed by atoms with Crippen molar-refractivity contribution in [2.24, 2.45) is 11.6 Å². The van der Waals surface area contributed by atoms with E-state index in [-0.39, 0.29) is 33.9 Å². The van der Waals surface area contributed by atoms with Crippen molar-refractivity contribution < 1.29 is 18.0 Å². The number of amides is 1. The number of benzene rings is 1. The van der Waals surface area contributed by atoms with Crippen molar-refractivity contribution in [3.8, 4) is 0 Å². The maximum absolute atomic E-state index is 14.0. The van der Waals surface area contributed by atoms with Crippen molar-refractivity contribution in [1.82, 2.24) is 9.88 Å². The fourth-order valence-corrected chi connectivity index (χ4v) is 3.35. The molecule has 9 heteroatoms. The van der Waals surface area contributed by atoms with Crippen LogP contribution in [0.25, 0.3) is 0 Å². The summed E-state index contributed by atoms with van der Waals surface area (Å²) in [5.74, 6) is 1.68. The number of halogens is 3. The lowest BCUT2D eigenvalue weighted by molar-refractivity contribution is 0.0167. The highest BCUT2D eigenvalue weighted by atomic mass is 19.3. The molecule has 0 spiro atoms. The molecule has 1 amide bonds. The van der Waals surface area contributed by atoms with Gasteiger partial charge in [0.15, 0.2) is 11.6 Å². The van der Waals surface area contributed by atoms with Gasteiger partial charge in [0.25, 0.3) is 11.8 Å². The van der Waals surface area contributed by atoms with Gasteiger partial charge in [-0.05, 0) is 43.7 Å². The van der Waals surface area contributed by atoms with Gasteiger partial charge in [-0.3, -0.25) is 9.80 Å². The number of nitrogens with zero attached hydrogens (tertiary/aromatic N) is 3. The molecule has 1 aliphatic rings. The van der Waals surface area contributed by atoms with E-state index in [4.69, 9.17) is 11.6 Å². The predicted octanol–water partition coefficient (Wildman–Crippen LogP) is 3.55. The third kappa shape index (κ3) is 3.76. The third-order valence-corrected chi connectivity index (χ3v) is 5.05. The lowest BCUT2D eigenvalue weighted by Gasteiger charge is -2.33. The van der Waals surface area contributed by atoms with Crippen LogP contribution < -0.4 is 16.6 Å². The maximum Gasteiger partial charge on any atom is 0.270 e. The van der Waals surface area contributed by atoms with Crippen LogP contribution in [0.15, 0.2) is 60.2 Å². The number of hydrazine groups is 1. The second kappa shape index (κ2) is 7.83. The molecule has 1 aliphatic heterocycles. The Bertz CT molecular complexity index is 1050. The molecule has 0 aliphatic carbocycles. The first-order valence-electron chi connectivity index (χ1n) is 9.17. The number of allylic oxidation sites excluding steroid dienone is 1. The van der Waals surface area contributed by atoms with Crippen molar-refractivity contribution in [3.63, 3.8) is 0 Å². The standard InChI is InChI=1S/C21H22F3N5O/c1-12-14(6-4-7-15(12)21(3,23)24)20(30)28-11-9-17(18(25)13(28)2)29(26)19-16(22)8-5-10-27-19/h4-11,13H,25-26H2,1-3H3. The second-order valence-corrected chi connectivity index (χ2v) is 7.09. The molecule has 6 nitrogen and oxygen atoms in total. The number of nitrogens with two attached hydrogens (primary N) is 2. The zero-order valence-electron chi connectivity index (χ0n) is 16.7. The van der Waals surface area contributed by atoms with E-state index in [0.717, 1.165) is 11.9 Å². The predicted molar refractivity (Wildman–Crippen MR) is 108 cm³/mol. The van der Waals surface area contributed by atoms with Crippen LogP contribution in [-0.4, -0.2) is 21.8 Å². The van der Waals surface area contributed by atoms with E-state index in [1.165, 1.54) is 60.6 Å². The van der Waals surface area contributed by atoms with E-state index in [1.54, 1.807) is 6.92 Å². The molecule has 3 rings (SSSR count). The smallest absolute Gasteiger partial charge is 0.270 e. The Balaban J connectivity index is 1.93. The van der Waals surface area contributed by atoms with Crippen LogP contribution in [0.1, 0.15) is 35.3 Å². The van der Waals surface area contributed by atoms with E-state index in [0.29, 0.717) is 0 Å². The molecule has 0 saturated heterocycles. The summed E-state index contributed by atoms with van der Waals surface area (Å²) in [6.07, 6.45) is 4.28. The second-order valence-electron chi connectivity index (χ2n) is 7.09. The molecule has 1 atom stereocenters. The number of hydrogen-bond acceptors (Lipinski definition) is 5. The van der Waals surface area contributed by atoms with Crippen LogP contribution in [0.4, 0.5) is 19.0 Å². The van der Waals surface area contributed by atoms with E-state index in [2.05, 4.69) is 4.98 Å². The highest BCUT2D eigenvalue weighted by Crippen LogP contribution is 2.32. The van der Waals surface area contributed by atoms with Crippen molar-refractivity contribution in [1.29, 1.82) is 0 Å². The fourth-order valence-electron chi connectivity index (χ4n) is 3.35. The Morgan fingerprint density at radius 2 is 1.97 bits per heavy atom. The molecule has 1 unspecified atom stereocenters. The number of anilines is 1. The lowest BCUT2D eigenvalue weighted by atomic mass is 9.96. The molecule has 1 aromatic heterocycles. The minimum absolute atomic E-state index is 0.124. The number of carbonyl (C=O) groups is 1. The topological polar surface area (TPSA) is 88.5 Å². The van der Waals surface area contributed by atoms with Crippen LogP contribution in [-0.2, 0) is 5.92 Å². The SMILES string of the molecule is Cc1c(C(=O)N2C=CC(N(N)c3ncccc3F)=C(N)C2C)cccc1C(C)(F)F. The van der Waals surface area contributed by atoms with Gasteiger partial charge in [0.05, 0.1) is 17.4 Å². The minimum atomic E-state index is -3.08. The van der Waals surface area contributed by atoms with Gasteiger partial charge in [-0.1, -0.05) is 12.1 Å². The average Bonchev–Trinajstić information content (AvgIpc) is 2.68. The molecule has 30 heavy (non-hydrogen) atoms. The number of aromatic nitrogens is 1. The van der Waals surface area contributed by atoms with Crippen LogP contribution in [0.2, 0.25) is 0 Å². The lowest BCUT2D eigenvalue weighted by Crippen LogP contribution is -2.44. The Kier molecular flexibility index (Phi) is 5.58. The van der Waals surface area contributed by atoms with Crippen molar-refractivity contribution >= 4 is 11.7 Å². The molecular formula is C21H22F3N5O. The molecule has 2 aromatic rings. The molecule has 4 N–H and O–H groups in total. The molecule has 2 heterocycles. The number of alkyl halides is 2. The first-order chi connectivity index (χ1) is 14.0. The van der Waals surface area contributed by atoms with Crippen molar-refractivity contribution in [2.45, 2.75) is 32.7 Å². The molecule has 0 fully saturated rings. The molecule has 158 valence electrons. The van der Waals surface area contributed by atoms with Gasteiger partial charge in [-0.2, -0.15) is 0 Å². The number of carbonyl (C=O) groups excluding carboxylic acids is 1. The summed E-state index contributed by atoms with van der Waals surface area (Å²) in [5, 5.41) is 1.00. The Hall–Kier alpha value is -3.33. The number of rotatable bonds is 4. The van der Waals surface area contributed by atoms with Gasteiger partial charge in [-0.15, -0.1) is 0 Å². The summed E-state index contributed by atoms with van der Waals surface area (Å²) in [5.41, 5.74) is 6.79. The van der Waals surface area contributed by atoms with E-state index in [1.807, 2.05) is 0 Å². The van der Waals surface area contributed by atoms with Gasteiger partial charge >= 0.3 is 0 Å². The highest BCUT2D eigenvalue weighted by molar-refractivity contribution is 5.97. The van der Waals surface area contributed by atoms with Gasteiger partial charge < -0.3 is 10.6 Å². The quantitative estimate of drug-likeness (QED) is 0.587. The van der Waals surface area contributed by atoms with Gasteiger partial charge in [-0.25, -0.2) is 24.0 Å².